The molecule has 0 aromatic heterocycles. The zero-order valence-electron chi connectivity index (χ0n) is 25.8. The van der Waals surface area contributed by atoms with E-state index in [1.54, 1.807) is 44.4 Å². The number of aromatic hydroxyl groups is 1. The lowest BCUT2D eigenvalue weighted by Crippen LogP contribution is -2.63. The van der Waals surface area contributed by atoms with Crippen LogP contribution >= 0.6 is 0 Å². The van der Waals surface area contributed by atoms with Gasteiger partial charge in [0, 0.05) is 22.7 Å². The van der Waals surface area contributed by atoms with Gasteiger partial charge in [-0.15, -0.1) is 0 Å². The number of ketones is 2. The number of amides is 2. The zero-order chi connectivity index (χ0) is 33.2. The van der Waals surface area contributed by atoms with Gasteiger partial charge in [0.15, 0.2) is 11.4 Å². The Labute approximate surface area is 260 Å². The van der Waals surface area contributed by atoms with Crippen LogP contribution in [0, 0.1) is 11.8 Å². The Balaban J connectivity index is 1.54. The van der Waals surface area contributed by atoms with Crippen LogP contribution in [0.3, 0.4) is 0 Å². The van der Waals surface area contributed by atoms with Crippen LogP contribution in [0.4, 0.5) is 5.69 Å². The first kappa shape index (κ1) is 31.9. The number of hydrogen-bond donors (Lipinski definition) is 7. The summed E-state index contributed by atoms with van der Waals surface area (Å²) in [5, 5.41) is 51.0. The molecule has 8 N–H and O–H groups in total. The summed E-state index contributed by atoms with van der Waals surface area (Å²) in [4.78, 5) is 53.5. The molecule has 0 saturated carbocycles. The summed E-state index contributed by atoms with van der Waals surface area (Å²) in [5.41, 5.74) is 3.77. The summed E-state index contributed by atoms with van der Waals surface area (Å²) in [5.74, 6) is -7.18. The zero-order valence-corrected chi connectivity index (χ0v) is 25.8. The van der Waals surface area contributed by atoms with E-state index in [4.69, 9.17) is 5.73 Å². The fourth-order valence-corrected chi connectivity index (χ4v) is 6.80. The van der Waals surface area contributed by atoms with Crippen molar-refractivity contribution in [1.29, 1.82) is 0 Å². The Bertz CT molecular complexity index is 1690. The number of phenols is 1. The second-order valence-electron chi connectivity index (χ2n) is 13.2. The Morgan fingerprint density at radius 3 is 2.27 bits per heavy atom. The Kier molecular flexibility index (Phi) is 7.89. The molecule has 45 heavy (non-hydrogen) atoms. The number of hydrogen-bond acceptors (Lipinski definition) is 10. The molecule has 12 nitrogen and oxygen atoms in total. The summed E-state index contributed by atoms with van der Waals surface area (Å²) in [6.45, 7) is 6.02. The number of phenolic OH excluding ortho intramolecular Hbond substituents is 1. The van der Waals surface area contributed by atoms with Gasteiger partial charge in [-0.05, 0) is 88.5 Å². The summed E-state index contributed by atoms with van der Waals surface area (Å²) in [6.07, 6.45) is 0.156. The van der Waals surface area contributed by atoms with Crippen molar-refractivity contribution in [3.8, 4) is 16.9 Å². The number of aliphatic hydroxyl groups excluding tert-OH is 2. The van der Waals surface area contributed by atoms with E-state index in [1.165, 1.54) is 11.0 Å². The molecule has 0 spiro atoms. The number of nitrogens with one attached hydrogen (secondary N) is 2. The average molecular weight is 619 g/mol. The normalized spacial score (nSPS) is 24.7. The summed E-state index contributed by atoms with van der Waals surface area (Å²) >= 11 is 0. The number of fused-ring (bicyclic) bond motifs is 3. The molecule has 0 saturated heterocycles. The number of rotatable bonds is 6. The summed E-state index contributed by atoms with van der Waals surface area (Å²) in [7, 11) is 3.16. The maximum atomic E-state index is 14.0. The van der Waals surface area contributed by atoms with Crippen LogP contribution in [0.2, 0.25) is 0 Å². The molecule has 0 heterocycles. The maximum absolute atomic E-state index is 14.0. The van der Waals surface area contributed by atoms with E-state index in [1.807, 2.05) is 20.8 Å². The first-order valence-electron chi connectivity index (χ1n) is 14.6. The molecule has 5 rings (SSSR count). The predicted molar refractivity (Wildman–Crippen MR) is 165 cm³/mol. The fraction of sp³-hybridized carbons (Fsp3) is 0.394. The number of likely N-dealkylation sites (N-methyl/N-ethyl adjacent to an activating group) is 1. The number of nitrogens with two attached hydrogens (primary N) is 1. The van der Waals surface area contributed by atoms with Crippen molar-refractivity contribution in [2.75, 3.05) is 26.0 Å². The van der Waals surface area contributed by atoms with E-state index >= 15 is 0 Å². The van der Waals surface area contributed by atoms with Gasteiger partial charge >= 0.3 is 0 Å². The molecule has 2 aromatic rings. The molecular formula is C33H38N4O8. The highest BCUT2D eigenvalue weighted by atomic mass is 16.3. The number of carbonyl (C=O) groups excluding carboxylic acids is 4. The second kappa shape index (κ2) is 11.1. The molecule has 12 heteroatoms. The van der Waals surface area contributed by atoms with Crippen LogP contribution in [-0.4, -0.2) is 86.5 Å². The van der Waals surface area contributed by atoms with Gasteiger partial charge in [0.05, 0.1) is 18.2 Å². The molecule has 238 valence electrons. The average Bonchev–Trinajstić information content (AvgIpc) is 2.94. The third kappa shape index (κ3) is 5.28. The SMILES string of the molecule is CN(C)[C@H]1C(O)=C(C(N)=O)C(=O)[C@]2(O)C(O)=C3C(=O)c4c(O)ccc(-c5ccc(NC(=O)CNC(C)(C)C)cc5)c4C[C@@H]3C[C@H]12. The van der Waals surface area contributed by atoms with Gasteiger partial charge in [-0.2, -0.15) is 0 Å². The number of aliphatic hydroxyl groups is 3. The summed E-state index contributed by atoms with van der Waals surface area (Å²) in [6, 6.07) is 8.99. The van der Waals surface area contributed by atoms with Crippen molar-refractivity contribution in [3.05, 3.63) is 70.2 Å². The molecule has 4 atom stereocenters. The van der Waals surface area contributed by atoms with Crippen LogP contribution in [0.5, 0.6) is 5.75 Å². The van der Waals surface area contributed by atoms with Crippen molar-refractivity contribution in [2.24, 2.45) is 17.6 Å². The molecule has 0 radical (unpaired) electrons. The lowest BCUT2D eigenvalue weighted by molar-refractivity contribution is -0.148. The molecule has 3 aliphatic rings. The van der Waals surface area contributed by atoms with Gasteiger partial charge in [-0.25, -0.2) is 0 Å². The number of carbonyl (C=O) groups is 4. The van der Waals surface area contributed by atoms with Crippen LogP contribution in [0.1, 0.15) is 43.1 Å². The van der Waals surface area contributed by atoms with Crippen molar-refractivity contribution in [2.45, 2.75) is 50.8 Å². The summed E-state index contributed by atoms with van der Waals surface area (Å²) < 4.78 is 0. The van der Waals surface area contributed by atoms with Gasteiger partial charge < -0.3 is 36.8 Å². The maximum Gasteiger partial charge on any atom is 0.255 e. The molecule has 2 aromatic carbocycles. The van der Waals surface area contributed by atoms with Crippen LogP contribution in [0.15, 0.2) is 59.1 Å². The van der Waals surface area contributed by atoms with Gasteiger partial charge in [0.1, 0.15) is 22.8 Å². The first-order chi connectivity index (χ1) is 21.0. The number of anilines is 1. The molecular weight excluding hydrogens is 580 g/mol. The van der Waals surface area contributed by atoms with Crippen molar-refractivity contribution in [3.63, 3.8) is 0 Å². The van der Waals surface area contributed by atoms with Crippen LogP contribution < -0.4 is 16.4 Å². The Morgan fingerprint density at radius 1 is 1.04 bits per heavy atom. The highest BCUT2D eigenvalue weighted by Gasteiger charge is 2.63. The minimum absolute atomic E-state index is 0.00553. The Hall–Kier alpha value is -4.52. The minimum atomic E-state index is -2.69. The largest absolute Gasteiger partial charge is 0.510 e. The monoisotopic (exact) mass is 618 g/mol. The molecule has 0 bridgehead atoms. The topological polar surface area (TPSA) is 203 Å². The van der Waals surface area contributed by atoms with Gasteiger partial charge in [-0.1, -0.05) is 18.2 Å². The van der Waals surface area contributed by atoms with Gasteiger partial charge in [0.2, 0.25) is 11.7 Å². The van der Waals surface area contributed by atoms with Gasteiger partial charge in [-0.3, -0.25) is 24.1 Å². The quantitative estimate of drug-likeness (QED) is 0.235. The standard InChI is InChI=1S/C33H38N4O8/c1-32(2,3)35-14-22(39)36-17-8-6-15(7-9-17)18-10-11-21(38)24-19(18)12-16-13-20-26(37(4)5)28(41)25(31(34)44)30(43)33(20,45)29(42)23(16)27(24)40/h6-11,16,20,26,35,38,41-42,45H,12-14H2,1-5H3,(H2,34,44)(H,36,39)/t16-,20-,26-,33-/m1/s1. The van der Waals surface area contributed by atoms with E-state index < -0.39 is 58.0 Å². The smallest absolute Gasteiger partial charge is 0.255 e. The van der Waals surface area contributed by atoms with Crippen LogP contribution in [-0.2, 0) is 20.8 Å². The first-order valence-corrected chi connectivity index (χ1v) is 14.6. The van der Waals surface area contributed by atoms with Crippen molar-refractivity contribution in [1.82, 2.24) is 10.2 Å². The number of nitrogens with zero attached hydrogens (tertiary/aromatic N) is 1. The fourth-order valence-electron chi connectivity index (χ4n) is 6.80. The minimum Gasteiger partial charge on any atom is -0.510 e. The Morgan fingerprint density at radius 2 is 1.69 bits per heavy atom. The van der Waals surface area contributed by atoms with Crippen molar-refractivity contribution < 1.29 is 39.6 Å². The van der Waals surface area contributed by atoms with E-state index in [0.717, 1.165) is 0 Å². The number of allylic oxidation sites excluding steroid dienone is 1. The molecule has 0 fully saturated rings. The number of primary amides is 1. The van der Waals surface area contributed by atoms with Crippen LogP contribution in [0.25, 0.3) is 11.1 Å². The second-order valence-corrected chi connectivity index (χ2v) is 13.2. The number of benzene rings is 2. The van der Waals surface area contributed by atoms with Gasteiger partial charge in [0.25, 0.3) is 5.91 Å². The number of Topliss-reactive ketones (excluding diaryl/α,β-unsaturated/α-hetero) is 2. The third-order valence-corrected chi connectivity index (χ3v) is 8.86. The van der Waals surface area contributed by atoms with Crippen molar-refractivity contribution >= 4 is 29.1 Å². The predicted octanol–water partition coefficient (Wildman–Crippen LogP) is 2.11. The van der Waals surface area contributed by atoms with E-state index in [-0.39, 0.29) is 47.7 Å². The molecule has 2 amide bonds. The van der Waals surface area contributed by atoms with E-state index in [9.17, 15) is 39.6 Å². The molecule has 3 aliphatic carbocycles. The molecule has 0 unspecified atom stereocenters. The highest BCUT2D eigenvalue weighted by Crippen LogP contribution is 2.53. The van der Waals surface area contributed by atoms with E-state index in [0.29, 0.717) is 22.4 Å². The third-order valence-electron chi connectivity index (χ3n) is 8.86. The molecule has 0 aliphatic heterocycles. The van der Waals surface area contributed by atoms with E-state index in [2.05, 4.69) is 10.6 Å². The lowest BCUT2D eigenvalue weighted by Gasteiger charge is -2.50. The lowest BCUT2D eigenvalue weighted by atomic mass is 9.58. The highest BCUT2D eigenvalue weighted by molar-refractivity contribution is 6.25.